The van der Waals surface area contributed by atoms with E-state index in [9.17, 15) is 9.59 Å². The van der Waals surface area contributed by atoms with Gasteiger partial charge in [0, 0.05) is 19.5 Å². The topological polar surface area (TPSA) is 55.4 Å². The Morgan fingerprint density at radius 1 is 1.21 bits per heavy atom. The second-order valence-corrected chi connectivity index (χ2v) is 2.70. The molecule has 0 saturated heterocycles. The molecule has 0 aliphatic rings. The number of carbonyl (C=O) groups is 2. The van der Waals surface area contributed by atoms with E-state index in [4.69, 9.17) is 4.74 Å². The van der Waals surface area contributed by atoms with Crippen molar-refractivity contribution < 1.29 is 14.3 Å². The molecule has 1 aromatic rings. The average Bonchev–Trinajstić information content (AvgIpc) is 2.17. The Kier molecular flexibility index (Phi) is 3.23. The zero-order valence-corrected chi connectivity index (χ0v) is 8.03. The van der Waals surface area contributed by atoms with Crippen LogP contribution in [0.5, 0.6) is 5.75 Å². The molecule has 0 saturated carbocycles. The fraction of sp³-hybridized carbons (Fsp3) is 0.200. The maximum absolute atomic E-state index is 11.1. The van der Waals surface area contributed by atoms with Crippen molar-refractivity contribution in [1.29, 1.82) is 0 Å². The molecular weight excluding hydrogens is 182 g/mol. The lowest BCUT2D eigenvalue weighted by Gasteiger charge is -2.02. The minimum atomic E-state index is -0.377. The standard InChI is InChI=1S/C10H11NO3/c1-7(12)14-9-5-3-8(4-6-9)10(13)11-2/h3-6H,1-2H3,(H,11,13). The van der Waals surface area contributed by atoms with E-state index in [-0.39, 0.29) is 11.9 Å². The third-order valence-corrected chi connectivity index (χ3v) is 1.61. The van der Waals surface area contributed by atoms with Crippen molar-refractivity contribution in [3.8, 4) is 5.75 Å². The number of esters is 1. The van der Waals surface area contributed by atoms with Gasteiger partial charge in [-0.25, -0.2) is 0 Å². The van der Waals surface area contributed by atoms with Gasteiger partial charge in [0.2, 0.25) is 0 Å². The lowest BCUT2D eigenvalue weighted by Crippen LogP contribution is -2.17. The lowest BCUT2D eigenvalue weighted by molar-refractivity contribution is -0.131. The van der Waals surface area contributed by atoms with Gasteiger partial charge >= 0.3 is 5.97 Å². The number of benzene rings is 1. The Morgan fingerprint density at radius 2 is 1.79 bits per heavy atom. The van der Waals surface area contributed by atoms with Gasteiger partial charge in [-0.3, -0.25) is 9.59 Å². The molecular formula is C10H11NO3. The molecule has 0 aromatic heterocycles. The van der Waals surface area contributed by atoms with Crippen LogP contribution in [0.15, 0.2) is 24.3 Å². The minimum absolute atomic E-state index is 0.167. The molecule has 0 aliphatic carbocycles. The van der Waals surface area contributed by atoms with E-state index < -0.39 is 0 Å². The highest BCUT2D eigenvalue weighted by Gasteiger charge is 2.03. The van der Waals surface area contributed by atoms with Crippen molar-refractivity contribution in [2.75, 3.05) is 7.05 Å². The molecule has 1 rings (SSSR count). The van der Waals surface area contributed by atoms with Gasteiger partial charge in [0.1, 0.15) is 5.75 Å². The van der Waals surface area contributed by atoms with Crippen LogP contribution in [-0.4, -0.2) is 18.9 Å². The first-order valence-electron chi connectivity index (χ1n) is 4.14. The summed E-state index contributed by atoms with van der Waals surface area (Å²) >= 11 is 0. The van der Waals surface area contributed by atoms with Gasteiger partial charge in [-0.1, -0.05) is 0 Å². The summed E-state index contributed by atoms with van der Waals surface area (Å²) in [5.41, 5.74) is 0.531. The molecule has 0 unspecified atom stereocenters. The molecule has 0 atom stereocenters. The Labute approximate surface area is 81.9 Å². The summed E-state index contributed by atoms with van der Waals surface area (Å²) in [7, 11) is 1.56. The summed E-state index contributed by atoms with van der Waals surface area (Å²) in [6.45, 7) is 1.33. The Hall–Kier alpha value is -1.84. The maximum Gasteiger partial charge on any atom is 0.308 e. The highest BCUT2D eigenvalue weighted by Crippen LogP contribution is 2.11. The van der Waals surface area contributed by atoms with E-state index in [0.29, 0.717) is 11.3 Å². The summed E-state index contributed by atoms with van der Waals surface area (Å²) in [6.07, 6.45) is 0. The van der Waals surface area contributed by atoms with Crippen LogP contribution < -0.4 is 10.1 Å². The van der Waals surface area contributed by atoms with E-state index in [0.717, 1.165) is 0 Å². The molecule has 74 valence electrons. The van der Waals surface area contributed by atoms with E-state index in [1.54, 1.807) is 31.3 Å². The molecule has 4 nitrogen and oxygen atoms in total. The van der Waals surface area contributed by atoms with Gasteiger partial charge in [0.25, 0.3) is 5.91 Å². The number of amides is 1. The number of hydrogen-bond acceptors (Lipinski definition) is 3. The number of ether oxygens (including phenoxy) is 1. The smallest absolute Gasteiger partial charge is 0.308 e. The quantitative estimate of drug-likeness (QED) is 0.562. The van der Waals surface area contributed by atoms with Crippen molar-refractivity contribution in [2.45, 2.75) is 6.92 Å². The molecule has 0 fully saturated rings. The maximum atomic E-state index is 11.1. The van der Waals surface area contributed by atoms with Crippen LogP contribution in [0.4, 0.5) is 0 Å². The first kappa shape index (κ1) is 10.2. The van der Waals surface area contributed by atoms with Crippen molar-refractivity contribution in [3.05, 3.63) is 29.8 Å². The predicted molar refractivity (Wildman–Crippen MR) is 51.1 cm³/mol. The normalized spacial score (nSPS) is 9.29. The number of rotatable bonds is 2. The molecule has 1 aromatic carbocycles. The van der Waals surface area contributed by atoms with Gasteiger partial charge < -0.3 is 10.1 Å². The summed E-state index contributed by atoms with van der Waals surface area (Å²) in [5.74, 6) is -0.109. The number of carbonyl (C=O) groups excluding carboxylic acids is 2. The molecule has 4 heteroatoms. The van der Waals surface area contributed by atoms with E-state index in [1.807, 2.05) is 0 Å². The molecule has 1 N–H and O–H groups in total. The molecule has 0 spiro atoms. The highest BCUT2D eigenvalue weighted by molar-refractivity contribution is 5.94. The van der Waals surface area contributed by atoms with Crippen molar-refractivity contribution in [2.24, 2.45) is 0 Å². The van der Waals surface area contributed by atoms with Crippen LogP contribution >= 0.6 is 0 Å². The summed E-state index contributed by atoms with van der Waals surface area (Å²) in [6, 6.07) is 6.34. The van der Waals surface area contributed by atoms with Gasteiger partial charge in [-0.05, 0) is 24.3 Å². The van der Waals surface area contributed by atoms with Crippen molar-refractivity contribution in [1.82, 2.24) is 5.32 Å². The minimum Gasteiger partial charge on any atom is -0.427 e. The van der Waals surface area contributed by atoms with Gasteiger partial charge in [0.05, 0.1) is 0 Å². The number of hydrogen-bond donors (Lipinski definition) is 1. The first-order chi connectivity index (χ1) is 6.63. The highest BCUT2D eigenvalue weighted by atomic mass is 16.5. The largest absolute Gasteiger partial charge is 0.427 e. The molecule has 14 heavy (non-hydrogen) atoms. The fourth-order valence-corrected chi connectivity index (χ4v) is 0.985. The summed E-state index contributed by atoms with van der Waals surface area (Å²) in [5, 5.41) is 2.49. The predicted octanol–water partition coefficient (Wildman–Crippen LogP) is 0.972. The van der Waals surface area contributed by atoms with E-state index in [2.05, 4.69) is 5.32 Å². The second-order valence-electron chi connectivity index (χ2n) is 2.70. The summed E-state index contributed by atoms with van der Waals surface area (Å²) < 4.78 is 4.81. The molecule has 0 heterocycles. The Bertz CT molecular complexity index is 343. The first-order valence-corrected chi connectivity index (χ1v) is 4.14. The van der Waals surface area contributed by atoms with E-state index in [1.165, 1.54) is 6.92 Å². The van der Waals surface area contributed by atoms with Crippen LogP contribution in [0, 0.1) is 0 Å². The van der Waals surface area contributed by atoms with Crippen LogP contribution in [0.1, 0.15) is 17.3 Å². The zero-order chi connectivity index (χ0) is 10.6. The van der Waals surface area contributed by atoms with E-state index >= 15 is 0 Å². The van der Waals surface area contributed by atoms with Crippen molar-refractivity contribution >= 4 is 11.9 Å². The van der Waals surface area contributed by atoms with Crippen LogP contribution in [0.3, 0.4) is 0 Å². The SMILES string of the molecule is CNC(=O)c1ccc(OC(C)=O)cc1. The van der Waals surface area contributed by atoms with Gasteiger partial charge in [-0.2, -0.15) is 0 Å². The second kappa shape index (κ2) is 4.41. The molecule has 0 aliphatic heterocycles. The van der Waals surface area contributed by atoms with Crippen LogP contribution in [0.2, 0.25) is 0 Å². The average molecular weight is 193 g/mol. The molecule has 0 radical (unpaired) electrons. The third kappa shape index (κ3) is 2.58. The zero-order valence-electron chi connectivity index (χ0n) is 8.03. The monoisotopic (exact) mass is 193 g/mol. The lowest BCUT2D eigenvalue weighted by atomic mass is 10.2. The Balaban J connectivity index is 2.78. The van der Waals surface area contributed by atoms with Crippen LogP contribution in [0.25, 0.3) is 0 Å². The van der Waals surface area contributed by atoms with Gasteiger partial charge in [-0.15, -0.1) is 0 Å². The fourth-order valence-electron chi connectivity index (χ4n) is 0.985. The number of nitrogens with one attached hydrogen (secondary N) is 1. The molecule has 0 bridgehead atoms. The Morgan fingerprint density at radius 3 is 2.21 bits per heavy atom. The summed E-state index contributed by atoms with van der Waals surface area (Å²) in [4.78, 5) is 21.7. The molecule has 1 amide bonds. The van der Waals surface area contributed by atoms with Crippen LogP contribution in [-0.2, 0) is 4.79 Å². The third-order valence-electron chi connectivity index (χ3n) is 1.61. The van der Waals surface area contributed by atoms with Crippen molar-refractivity contribution in [3.63, 3.8) is 0 Å². The van der Waals surface area contributed by atoms with Gasteiger partial charge in [0.15, 0.2) is 0 Å².